The van der Waals surface area contributed by atoms with E-state index in [4.69, 9.17) is 4.74 Å². The molecule has 0 amide bonds. The molecule has 0 aliphatic carbocycles. The maximum absolute atomic E-state index is 9.75. The topological polar surface area (TPSA) is 41.5 Å². The molecule has 0 spiro atoms. The summed E-state index contributed by atoms with van der Waals surface area (Å²) in [7, 11) is 0. The molecule has 3 nitrogen and oxygen atoms in total. The number of aliphatic hydroxyl groups is 1. The van der Waals surface area contributed by atoms with Gasteiger partial charge in [-0.3, -0.25) is 0 Å². The predicted octanol–water partition coefficient (Wildman–Crippen LogP) is 2.47. The predicted molar refractivity (Wildman–Crippen MR) is 75.3 cm³/mol. The fourth-order valence-electron chi connectivity index (χ4n) is 1.80. The van der Waals surface area contributed by atoms with Crippen LogP contribution in [0.3, 0.4) is 0 Å². The lowest BCUT2D eigenvalue weighted by Gasteiger charge is -2.17. The fourth-order valence-corrected chi connectivity index (χ4v) is 1.80. The molecule has 0 saturated carbocycles. The summed E-state index contributed by atoms with van der Waals surface area (Å²) < 4.78 is 5.75. The van der Waals surface area contributed by atoms with Crippen LogP contribution in [-0.2, 0) is 0 Å². The van der Waals surface area contributed by atoms with E-state index in [0.29, 0.717) is 19.1 Å². The van der Waals surface area contributed by atoms with Gasteiger partial charge in [0, 0.05) is 6.54 Å². The van der Waals surface area contributed by atoms with E-state index in [2.05, 4.69) is 31.3 Å². The van der Waals surface area contributed by atoms with Crippen LogP contribution in [0.5, 0.6) is 5.75 Å². The first-order valence-electron chi connectivity index (χ1n) is 6.66. The summed E-state index contributed by atoms with van der Waals surface area (Å²) in [6.45, 7) is 10.1. The number of nitrogens with one attached hydrogen (secondary N) is 1. The van der Waals surface area contributed by atoms with E-state index in [0.717, 1.165) is 12.3 Å². The van der Waals surface area contributed by atoms with Gasteiger partial charge in [0.1, 0.15) is 18.5 Å². The van der Waals surface area contributed by atoms with Crippen LogP contribution in [0.15, 0.2) is 18.2 Å². The number of hydrogen-bond acceptors (Lipinski definition) is 3. The highest BCUT2D eigenvalue weighted by atomic mass is 16.5. The van der Waals surface area contributed by atoms with Crippen molar-refractivity contribution in [3.05, 3.63) is 29.3 Å². The van der Waals surface area contributed by atoms with Gasteiger partial charge in [-0.15, -0.1) is 0 Å². The molecule has 0 aliphatic rings. The Hall–Kier alpha value is -1.06. The van der Waals surface area contributed by atoms with Crippen molar-refractivity contribution in [1.29, 1.82) is 0 Å². The number of hydrogen-bond donors (Lipinski definition) is 2. The number of benzene rings is 1. The van der Waals surface area contributed by atoms with E-state index >= 15 is 0 Å². The Kier molecular flexibility index (Phi) is 6.16. The Balaban J connectivity index is 2.62. The van der Waals surface area contributed by atoms with Crippen LogP contribution in [0.25, 0.3) is 0 Å². The molecule has 1 unspecified atom stereocenters. The normalized spacial score (nSPS) is 12.8. The molecule has 1 aromatic carbocycles. The SMILES string of the molecule is CCNCC(O)COc1cc(C)ccc1C(C)C. The van der Waals surface area contributed by atoms with Crippen molar-refractivity contribution in [2.45, 2.75) is 39.7 Å². The summed E-state index contributed by atoms with van der Waals surface area (Å²) in [5, 5.41) is 12.9. The van der Waals surface area contributed by atoms with E-state index in [9.17, 15) is 5.11 Å². The van der Waals surface area contributed by atoms with Crippen LogP contribution >= 0.6 is 0 Å². The highest BCUT2D eigenvalue weighted by Gasteiger charge is 2.10. The Morgan fingerprint density at radius 2 is 2.06 bits per heavy atom. The fraction of sp³-hybridized carbons (Fsp3) is 0.600. The van der Waals surface area contributed by atoms with Crippen molar-refractivity contribution in [3.8, 4) is 5.75 Å². The third-order valence-electron chi connectivity index (χ3n) is 2.85. The zero-order valence-corrected chi connectivity index (χ0v) is 11.9. The Bertz CT molecular complexity index is 364. The molecule has 0 aromatic heterocycles. The summed E-state index contributed by atoms with van der Waals surface area (Å²) in [6.07, 6.45) is -0.467. The minimum Gasteiger partial charge on any atom is -0.491 e. The van der Waals surface area contributed by atoms with E-state index < -0.39 is 6.10 Å². The molecule has 0 aliphatic heterocycles. The summed E-state index contributed by atoms with van der Waals surface area (Å²) in [4.78, 5) is 0. The lowest BCUT2D eigenvalue weighted by atomic mass is 10.0. The Labute approximate surface area is 110 Å². The second-order valence-corrected chi connectivity index (χ2v) is 4.97. The van der Waals surface area contributed by atoms with Gasteiger partial charge in [-0.1, -0.05) is 32.9 Å². The summed E-state index contributed by atoms with van der Waals surface area (Å²) >= 11 is 0. The van der Waals surface area contributed by atoms with Crippen LogP contribution < -0.4 is 10.1 Å². The van der Waals surface area contributed by atoms with Crippen LogP contribution in [0.4, 0.5) is 0 Å². The van der Waals surface area contributed by atoms with Crippen LogP contribution in [0.1, 0.15) is 37.8 Å². The number of likely N-dealkylation sites (N-methyl/N-ethyl adjacent to an activating group) is 1. The lowest BCUT2D eigenvalue weighted by molar-refractivity contribution is 0.106. The molecule has 1 aromatic rings. The van der Waals surface area contributed by atoms with Crippen molar-refractivity contribution in [1.82, 2.24) is 5.32 Å². The van der Waals surface area contributed by atoms with Gasteiger partial charge in [0.25, 0.3) is 0 Å². The largest absolute Gasteiger partial charge is 0.491 e. The highest BCUT2D eigenvalue weighted by Crippen LogP contribution is 2.27. The molecule has 102 valence electrons. The van der Waals surface area contributed by atoms with Gasteiger partial charge in [-0.05, 0) is 36.6 Å². The number of rotatable bonds is 7. The zero-order valence-electron chi connectivity index (χ0n) is 11.9. The lowest BCUT2D eigenvalue weighted by Crippen LogP contribution is -2.31. The third-order valence-corrected chi connectivity index (χ3v) is 2.85. The minimum absolute atomic E-state index is 0.330. The van der Waals surface area contributed by atoms with E-state index in [1.54, 1.807) is 0 Å². The molecular weight excluding hydrogens is 226 g/mol. The van der Waals surface area contributed by atoms with Gasteiger partial charge in [0.15, 0.2) is 0 Å². The van der Waals surface area contributed by atoms with Gasteiger partial charge in [-0.25, -0.2) is 0 Å². The Morgan fingerprint density at radius 3 is 2.67 bits per heavy atom. The smallest absolute Gasteiger partial charge is 0.123 e. The summed E-state index contributed by atoms with van der Waals surface area (Å²) in [5.74, 6) is 1.31. The summed E-state index contributed by atoms with van der Waals surface area (Å²) in [5.41, 5.74) is 2.37. The average Bonchev–Trinajstić information content (AvgIpc) is 2.33. The van der Waals surface area contributed by atoms with Crippen molar-refractivity contribution >= 4 is 0 Å². The molecule has 0 fully saturated rings. The van der Waals surface area contributed by atoms with Crippen molar-refractivity contribution in [3.63, 3.8) is 0 Å². The standard InChI is InChI=1S/C15H25NO2/c1-5-16-9-13(17)10-18-15-8-12(4)6-7-14(15)11(2)3/h6-8,11,13,16-17H,5,9-10H2,1-4H3. The number of aliphatic hydroxyl groups excluding tert-OH is 1. The van der Waals surface area contributed by atoms with Gasteiger partial charge >= 0.3 is 0 Å². The molecular formula is C15H25NO2. The summed E-state index contributed by atoms with van der Waals surface area (Å²) in [6, 6.07) is 6.23. The van der Waals surface area contributed by atoms with Crippen molar-refractivity contribution < 1.29 is 9.84 Å². The van der Waals surface area contributed by atoms with E-state index in [1.165, 1.54) is 11.1 Å². The average molecular weight is 251 g/mol. The molecule has 3 heteroatoms. The van der Waals surface area contributed by atoms with Crippen LogP contribution in [0.2, 0.25) is 0 Å². The van der Waals surface area contributed by atoms with E-state index in [1.807, 2.05) is 19.9 Å². The second-order valence-electron chi connectivity index (χ2n) is 4.97. The third kappa shape index (κ3) is 4.67. The second kappa shape index (κ2) is 7.39. The molecule has 18 heavy (non-hydrogen) atoms. The molecule has 0 saturated heterocycles. The monoisotopic (exact) mass is 251 g/mol. The van der Waals surface area contributed by atoms with E-state index in [-0.39, 0.29) is 0 Å². The van der Waals surface area contributed by atoms with Crippen molar-refractivity contribution in [2.75, 3.05) is 19.7 Å². The molecule has 1 rings (SSSR count). The van der Waals surface area contributed by atoms with Gasteiger partial charge in [-0.2, -0.15) is 0 Å². The zero-order chi connectivity index (χ0) is 13.5. The van der Waals surface area contributed by atoms with Crippen molar-refractivity contribution in [2.24, 2.45) is 0 Å². The molecule has 1 atom stereocenters. The van der Waals surface area contributed by atoms with Crippen LogP contribution in [0, 0.1) is 6.92 Å². The Morgan fingerprint density at radius 1 is 1.33 bits per heavy atom. The van der Waals surface area contributed by atoms with Crippen LogP contribution in [-0.4, -0.2) is 30.9 Å². The molecule has 0 bridgehead atoms. The molecule has 2 N–H and O–H groups in total. The van der Waals surface area contributed by atoms with Gasteiger partial charge in [0.2, 0.25) is 0 Å². The minimum atomic E-state index is -0.467. The first kappa shape index (κ1) is 15.0. The highest BCUT2D eigenvalue weighted by molar-refractivity contribution is 5.39. The van der Waals surface area contributed by atoms with Gasteiger partial charge < -0.3 is 15.2 Å². The molecule has 0 radical (unpaired) electrons. The maximum atomic E-state index is 9.75. The quantitative estimate of drug-likeness (QED) is 0.782. The number of aryl methyl sites for hydroxylation is 1. The first-order valence-corrected chi connectivity index (χ1v) is 6.66. The number of ether oxygens (including phenoxy) is 1. The first-order chi connectivity index (χ1) is 8.54. The maximum Gasteiger partial charge on any atom is 0.123 e. The molecule has 0 heterocycles. The van der Waals surface area contributed by atoms with Gasteiger partial charge in [0.05, 0.1) is 0 Å².